The van der Waals surface area contributed by atoms with Crippen molar-refractivity contribution in [1.29, 1.82) is 0 Å². The number of anilines is 2. The third-order valence-electron chi connectivity index (χ3n) is 6.88. The van der Waals surface area contributed by atoms with Gasteiger partial charge in [-0.2, -0.15) is 0 Å². The molecule has 0 unspecified atom stereocenters. The van der Waals surface area contributed by atoms with Gasteiger partial charge in [-0.3, -0.25) is 14.5 Å². The average molecular weight is 509 g/mol. The largest absolute Gasteiger partial charge is 0.369 e. The predicted octanol–water partition coefficient (Wildman–Crippen LogP) is 4.90. The molecule has 0 atom stereocenters. The Bertz CT molecular complexity index is 1220. The summed E-state index contributed by atoms with van der Waals surface area (Å²) >= 11 is 3.51. The Balaban J connectivity index is 1.27. The number of hydrogen-bond acceptors (Lipinski definition) is 4. The number of amides is 1. The topological polar surface area (TPSA) is 68.4 Å². The summed E-state index contributed by atoms with van der Waals surface area (Å²) in [6.45, 7) is 8.07. The van der Waals surface area contributed by atoms with Gasteiger partial charge in [-0.1, -0.05) is 28.1 Å². The van der Waals surface area contributed by atoms with Gasteiger partial charge in [0, 0.05) is 53.2 Å². The Hall–Kier alpha value is -2.64. The van der Waals surface area contributed by atoms with E-state index < -0.39 is 0 Å². The molecule has 2 N–H and O–H groups in total. The average Bonchev–Trinajstić information content (AvgIpc) is 3.59. The summed E-state index contributed by atoms with van der Waals surface area (Å²) in [7, 11) is 0. The molecule has 2 aromatic carbocycles. The lowest BCUT2D eigenvalue weighted by Crippen LogP contribution is -2.48. The number of aromatic amines is 1. The van der Waals surface area contributed by atoms with E-state index in [1.54, 1.807) is 0 Å². The lowest BCUT2D eigenvalue weighted by atomic mass is 10.1. The van der Waals surface area contributed by atoms with Crippen molar-refractivity contribution in [2.45, 2.75) is 26.7 Å². The molecule has 7 heteroatoms. The number of nitrogens with zero attached hydrogens (tertiary/aromatic N) is 2. The standard InChI is InChI=1S/C26H29BrN4O2/c1-16-4-3-5-22(17(16)2)31-12-10-30(11-13-31)15-23(32)29-24-20-14-19(27)8-9-21(20)28-25(24)26(33)18-6-7-18/h3-5,8-9,14,18,28H,6-7,10-13,15H2,1-2H3,(H,29,32). The molecule has 2 heterocycles. The Kier molecular flexibility index (Phi) is 6.01. The molecule has 172 valence electrons. The number of aromatic nitrogens is 1. The molecule has 5 rings (SSSR count). The van der Waals surface area contributed by atoms with Crippen LogP contribution in [0.25, 0.3) is 10.9 Å². The van der Waals surface area contributed by atoms with Crippen LogP contribution in [0.3, 0.4) is 0 Å². The second kappa shape index (κ2) is 8.95. The van der Waals surface area contributed by atoms with E-state index in [0.29, 0.717) is 17.9 Å². The lowest BCUT2D eigenvalue weighted by Gasteiger charge is -2.36. The molecular weight excluding hydrogens is 480 g/mol. The number of rotatable bonds is 6. The van der Waals surface area contributed by atoms with E-state index in [-0.39, 0.29) is 17.6 Å². The summed E-state index contributed by atoms with van der Waals surface area (Å²) in [5, 5.41) is 3.93. The summed E-state index contributed by atoms with van der Waals surface area (Å²) in [6.07, 6.45) is 1.85. The molecule has 1 saturated carbocycles. The third kappa shape index (κ3) is 4.57. The summed E-state index contributed by atoms with van der Waals surface area (Å²) in [4.78, 5) is 33.7. The number of hydrogen-bond donors (Lipinski definition) is 2. The molecule has 6 nitrogen and oxygen atoms in total. The zero-order valence-corrected chi connectivity index (χ0v) is 20.7. The fourth-order valence-corrected chi connectivity index (χ4v) is 5.00. The second-order valence-corrected chi connectivity index (χ2v) is 10.1. The van der Waals surface area contributed by atoms with Crippen molar-refractivity contribution in [3.8, 4) is 0 Å². The first-order valence-electron chi connectivity index (χ1n) is 11.6. The molecule has 2 fully saturated rings. The van der Waals surface area contributed by atoms with Crippen LogP contribution in [0.2, 0.25) is 0 Å². The number of halogens is 1. The minimum Gasteiger partial charge on any atom is -0.369 e. The maximum atomic E-state index is 13.0. The van der Waals surface area contributed by atoms with Crippen LogP contribution >= 0.6 is 15.9 Å². The lowest BCUT2D eigenvalue weighted by molar-refractivity contribution is -0.117. The summed E-state index contributed by atoms with van der Waals surface area (Å²) in [5.74, 6) is 0.0935. The molecule has 0 bridgehead atoms. The van der Waals surface area contributed by atoms with Crippen molar-refractivity contribution < 1.29 is 9.59 Å². The van der Waals surface area contributed by atoms with E-state index in [1.165, 1.54) is 16.8 Å². The monoisotopic (exact) mass is 508 g/mol. The number of Topliss-reactive ketones (excluding diaryl/α,β-unsaturated/α-hetero) is 1. The summed E-state index contributed by atoms with van der Waals surface area (Å²) in [5.41, 5.74) is 5.91. The van der Waals surface area contributed by atoms with Crippen LogP contribution in [0.5, 0.6) is 0 Å². The van der Waals surface area contributed by atoms with Crippen LogP contribution < -0.4 is 10.2 Å². The Morgan fingerprint density at radius 1 is 1.09 bits per heavy atom. The minimum absolute atomic E-state index is 0.0790. The number of aryl methyl sites for hydroxylation is 1. The van der Waals surface area contributed by atoms with Crippen LogP contribution in [0.1, 0.15) is 34.5 Å². The van der Waals surface area contributed by atoms with Crippen molar-refractivity contribution in [1.82, 2.24) is 9.88 Å². The number of fused-ring (bicyclic) bond motifs is 1. The molecule has 33 heavy (non-hydrogen) atoms. The van der Waals surface area contributed by atoms with Crippen LogP contribution in [0.4, 0.5) is 11.4 Å². The second-order valence-electron chi connectivity index (χ2n) is 9.23. The van der Waals surface area contributed by atoms with Crippen LogP contribution in [-0.2, 0) is 4.79 Å². The third-order valence-corrected chi connectivity index (χ3v) is 7.37. The van der Waals surface area contributed by atoms with Gasteiger partial charge in [0.1, 0.15) is 5.69 Å². The van der Waals surface area contributed by atoms with Gasteiger partial charge >= 0.3 is 0 Å². The van der Waals surface area contributed by atoms with Gasteiger partial charge in [-0.15, -0.1) is 0 Å². The SMILES string of the molecule is Cc1cccc(N2CCN(CC(=O)Nc3c(C(=O)C4CC4)[nH]c4ccc(Br)cc34)CC2)c1C. The molecule has 1 aromatic heterocycles. The van der Waals surface area contributed by atoms with Crippen molar-refractivity contribution >= 4 is 49.9 Å². The molecular formula is C26H29BrN4O2. The number of carbonyl (C=O) groups is 2. The van der Waals surface area contributed by atoms with Crippen LogP contribution in [0.15, 0.2) is 40.9 Å². The molecule has 2 aliphatic rings. The minimum atomic E-state index is -0.0825. The van der Waals surface area contributed by atoms with Gasteiger partial charge in [0.15, 0.2) is 5.78 Å². The summed E-state index contributed by atoms with van der Waals surface area (Å²) < 4.78 is 0.914. The Labute approximate surface area is 202 Å². The van der Waals surface area contributed by atoms with Crippen molar-refractivity contribution in [2.24, 2.45) is 5.92 Å². The van der Waals surface area contributed by atoms with Gasteiger partial charge in [-0.05, 0) is 62.1 Å². The van der Waals surface area contributed by atoms with Gasteiger partial charge in [0.25, 0.3) is 0 Å². The van der Waals surface area contributed by atoms with E-state index in [4.69, 9.17) is 0 Å². The predicted molar refractivity (Wildman–Crippen MR) is 136 cm³/mol. The molecule has 0 radical (unpaired) electrons. The Morgan fingerprint density at radius 2 is 1.85 bits per heavy atom. The van der Waals surface area contributed by atoms with Gasteiger partial charge in [0.05, 0.1) is 12.2 Å². The van der Waals surface area contributed by atoms with Gasteiger partial charge in [0.2, 0.25) is 5.91 Å². The van der Waals surface area contributed by atoms with Crippen LogP contribution in [0, 0.1) is 19.8 Å². The number of ketones is 1. The normalized spacial score (nSPS) is 16.9. The van der Waals surface area contributed by atoms with E-state index in [2.05, 4.69) is 68.1 Å². The number of nitrogens with one attached hydrogen (secondary N) is 2. The van der Waals surface area contributed by atoms with E-state index >= 15 is 0 Å². The highest BCUT2D eigenvalue weighted by molar-refractivity contribution is 9.10. The fraction of sp³-hybridized carbons (Fsp3) is 0.385. The molecule has 3 aromatic rings. The fourth-order valence-electron chi connectivity index (χ4n) is 4.64. The van der Waals surface area contributed by atoms with Crippen molar-refractivity contribution in [3.63, 3.8) is 0 Å². The highest BCUT2D eigenvalue weighted by atomic mass is 79.9. The molecule has 1 saturated heterocycles. The first-order valence-corrected chi connectivity index (χ1v) is 12.4. The first kappa shape index (κ1) is 22.2. The number of H-pyrrole nitrogens is 1. The van der Waals surface area contributed by atoms with Gasteiger partial charge < -0.3 is 15.2 Å². The maximum Gasteiger partial charge on any atom is 0.238 e. The molecule has 1 aliphatic carbocycles. The molecule has 1 aliphatic heterocycles. The van der Waals surface area contributed by atoms with E-state index in [0.717, 1.165) is 54.4 Å². The number of carbonyl (C=O) groups excluding carboxylic acids is 2. The van der Waals surface area contributed by atoms with Crippen molar-refractivity contribution in [3.05, 3.63) is 57.7 Å². The Morgan fingerprint density at radius 3 is 2.58 bits per heavy atom. The zero-order chi connectivity index (χ0) is 23.1. The van der Waals surface area contributed by atoms with E-state index in [9.17, 15) is 9.59 Å². The van der Waals surface area contributed by atoms with Crippen molar-refractivity contribution in [2.75, 3.05) is 42.9 Å². The number of piperazine rings is 1. The first-order chi connectivity index (χ1) is 15.9. The highest BCUT2D eigenvalue weighted by Crippen LogP contribution is 2.38. The van der Waals surface area contributed by atoms with Gasteiger partial charge in [-0.25, -0.2) is 0 Å². The van der Waals surface area contributed by atoms with Crippen LogP contribution in [-0.4, -0.2) is 54.3 Å². The smallest absolute Gasteiger partial charge is 0.238 e. The highest BCUT2D eigenvalue weighted by Gasteiger charge is 2.34. The number of benzene rings is 2. The molecule has 0 spiro atoms. The maximum absolute atomic E-state index is 13.0. The molecule has 1 amide bonds. The quantitative estimate of drug-likeness (QED) is 0.464. The zero-order valence-electron chi connectivity index (χ0n) is 19.1. The summed E-state index contributed by atoms with van der Waals surface area (Å²) in [6, 6.07) is 12.3. The van der Waals surface area contributed by atoms with E-state index in [1.807, 2.05) is 18.2 Å².